The van der Waals surface area contributed by atoms with Crippen LogP contribution in [0.5, 0.6) is 5.75 Å². The van der Waals surface area contributed by atoms with Gasteiger partial charge < -0.3 is 4.74 Å². The van der Waals surface area contributed by atoms with Crippen LogP contribution < -0.4 is 9.75 Å². The van der Waals surface area contributed by atoms with Crippen LogP contribution in [-0.4, -0.2) is 20.4 Å². The molecule has 0 fully saturated rings. The summed E-state index contributed by atoms with van der Waals surface area (Å²) in [5, 5.41) is 8.70. The molecule has 0 saturated heterocycles. The van der Waals surface area contributed by atoms with Crippen molar-refractivity contribution in [2.75, 3.05) is 19.2 Å². The van der Waals surface area contributed by atoms with Gasteiger partial charge in [0.05, 0.1) is 19.0 Å². The van der Waals surface area contributed by atoms with Crippen LogP contribution in [0.1, 0.15) is 5.56 Å². The average molecular weight is 290 g/mol. The summed E-state index contributed by atoms with van der Waals surface area (Å²) in [6.07, 6.45) is 1.86. The van der Waals surface area contributed by atoms with Gasteiger partial charge in [-0.25, -0.2) is 0 Å². The standard InChI is InChI=1S/C19H18N2O/c1-21(16-9-4-3-5-10-16)20-14-18-17-11-7-6-8-15(17)12-13-19(18)22-2/h3-14H,1-2H3. The molecule has 110 valence electrons. The van der Waals surface area contributed by atoms with Gasteiger partial charge in [0.15, 0.2) is 0 Å². The molecule has 3 nitrogen and oxygen atoms in total. The highest BCUT2D eigenvalue weighted by Gasteiger charge is 2.06. The SMILES string of the molecule is COc1ccc2ccccc2c1C=NN(C)c1ccccc1. The summed E-state index contributed by atoms with van der Waals surface area (Å²) >= 11 is 0. The van der Waals surface area contributed by atoms with Crippen LogP contribution in [-0.2, 0) is 0 Å². The fraction of sp³-hybridized carbons (Fsp3) is 0.105. The summed E-state index contributed by atoms with van der Waals surface area (Å²) in [4.78, 5) is 0. The van der Waals surface area contributed by atoms with Crippen molar-refractivity contribution >= 4 is 22.7 Å². The molecule has 3 aromatic carbocycles. The van der Waals surface area contributed by atoms with Crippen LogP contribution in [0, 0.1) is 0 Å². The Kier molecular flexibility index (Phi) is 4.05. The number of para-hydroxylation sites is 1. The third kappa shape index (κ3) is 2.79. The van der Waals surface area contributed by atoms with Gasteiger partial charge in [0.1, 0.15) is 5.75 Å². The third-order valence-electron chi connectivity index (χ3n) is 3.64. The lowest BCUT2D eigenvalue weighted by Gasteiger charge is -2.13. The second kappa shape index (κ2) is 6.31. The van der Waals surface area contributed by atoms with Crippen molar-refractivity contribution in [3.8, 4) is 5.75 Å². The molecule has 0 aromatic heterocycles. The molecule has 0 unspecified atom stereocenters. The molecular weight excluding hydrogens is 272 g/mol. The van der Waals surface area contributed by atoms with Gasteiger partial charge in [0.25, 0.3) is 0 Å². The second-order valence-corrected chi connectivity index (χ2v) is 5.01. The van der Waals surface area contributed by atoms with Gasteiger partial charge in [-0.3, -0.25) is 5.01 Å². The summed E-state index contributed by atoms with van der Waals surface area (Å²) in [6.45, 7) is 0. The summed E-state index contributed by atoms with van der Waals surface area (Å²) in [7, 11) is 3.62. The first-order valence-electron chi connectivity index (χ1n) is 7.18. The molecule has 0 saturated carbocycles. The average Bonchev–Trinajstić information content (AvgIpc) is 2.60. The maximum Gasteiger partial charge on any atom is 0.128 e. The van der Waals surface area contributed by atoms with Gasteiger partial charge >= 0.3 is 0 Å². The van der Waals surface area contributed by atoms with Crippen LogP contribution in [0.25, 0.3) is 10.8 Å². The fourth-order valence-corrected chi connectivity index (χ4v) is 2.44. The molecule has 0 aliphatic carbocycles. The van der Waals surface area contributed by atoms with Crippen molar-refractivity contribution < 1.29 is 4.74 Å². The van der Waals surface area contributed by atoms with Crippen LogP contribution in [0.4, 0.5) is 5.69 Å². The number of methoxy groups -OCH3 is 1. The third-order valence-corrected chi connectivity index (χ3v) is 3.64. The first kappa shape index (κ1) is 14.1. The number of benzene rings is 3. The monoisotopic (exact) mass is 290 g/mol. The second-order valence-electron chi connectivity index (χ2n) is 5.01. The first-order valence-corrected chi connectivity index (χ1v) is 7.18. The van der Waals surface area contributed by atoms with Gasteiger partial charge in [-0.1, -0.05) is 48.5 Å². The Bertz CT molecular complexity index is 797. The lowest BCUT2D eigenvalue weighted by atomic mass is 10.0. The zero-order valence-electron chi connectivity index (χ0n) is 12.7. The van der Waals surface area contributed by atoms with E-state index in [9.17, 15) is 0 Å². The Morgan fingerprint density at radius 1 is 0.909 bits per heavy atom. The molecule has 0 N–H and O–H groups in total. The maximum absolute atomic E-state index is 5.48. The van der Waals surface area contributed by atoms with E-state index in [-0.39, 0.29) is 0 Å². The molecule has 3 rings (SSSR count). The van der Waals surface area contributed by atoms with Crippen molar-refractivity contribution in [3.63, 3.8) is 0 Å². The van der Waals surface area contributed by atoms with Crippen molar-refractivity contribution in [2.45, 2.75) is 0 Å². The summed E-state index contributed by atoms with van der Waals surface area (Å²) in [6, 6.07) is 22.3. The molecule has 0 spiro atoms. The zero-order valence-corrected chi connectivity index (χ0v) is 12.7. The summed E-state index contributed by atoms with van der Waals surface area (Å²) < 4.78 is 5.48. The lowest BCUT2D eigenvalue weighted by molar-refractivity contribution is 0.415. The number of hydrogen-bond donors (Lipinski definition) is 0. The van der Waals surface area contributed by atoms with Crippen LogP contribution in [0.3, 0.4) is 0 Å². The van der Waals surface area contributed by atoms with Crippen molar-refractivity contribution in [1.82, 2.24) is 0 Å². The van der Waals surface area contributed by atoms with Gasteiger partial charge in [-0.2, -0.15) is 5.10 Å². The molecule has 22 heavy (non-hydrogen) atoms. The van der Waals surface area contributed by atoms with Gasteiger partial charge in [-0.15, -0.1) is 0 Å². The van der Waals surface area contributed by atoms with Crippen molar-refractivity contribution in [1.29, 1.82) is 0 Å². The van der Waals surface area contributed by atoms with Crippen molar-refractivity contribution in [2.24, 2.45) is 5.10 Å². The highest BCUT2D eigenvalue weighted by Crippen LogP contribution is 2.26. The van der Waals surface area contributed by atoms with Crippen LogP contribution in [0.15, 0.2) is 71.8 Å². The Morgan fingerprint density at radius 2 is 1.64 bits per heavy atom. The predicted octanol–water partition coefficient (Wildman–Crippen LogP) is 4.32. The Balaban J connectivity index is 2.00. The van der Waals surface area contributed by atoms with E-state index in [1.54, 1.807) is 7.11 Å². The fourth-order valence-electron chi connectivity index (χ4n) is 2.44. The van der Waals surface area contributed by atoms with E-state index in [1.807, 2.05) is 66.8 Å². The number of ether oxygens (including phenoxy) is 1. The number of rotatable bonds is 4. The summed E-state index contributed by atoms with van der Waals surface area (Å²) in [5.74, 6) is 0.823. The van der Waals surface area contributed by atoms with E-state index < -0.39 is 0 Å². The molecule has 0 aliphatic rings. The number of fused-ring (bicyclic) bond motifs is 1. The highest BCUT2D eigenvalue weighted by atomic mass is 16.5. The molecule has 0 aliphatic heterocycles. The van der Waals surface area contributed by atoms with E-state index >= 15 is 0 Å². The van der Waals surface area contributed by atoms with Gasteiger partial charge in [0.2, 0.25) is 0 Å². The topological polar surface area (TPSA) is 24.8 Å². The molecular formula is C19H18N2O. The van der Waals surface area contributed by atoms with E-state index in [4.69, 9.17) is 4.74 Å². The number of hydrazone groups is 1. The minimum Gasteiger partial charge on any atom is -0.496 e. The number of hydrogen-bond acceptors (Lipinski definition) is 3. The molecule has 0 bridgehead atoms. The van der Waals surface area contributed by atoms with E-state index in [0.29, 0.717) is 0 Å². The minimum absolute atomic E-state index is 0.823. The molecule has 0 amide bonds. The summed E-state index contributed by atoms with van der Waals surface area (Å²) in [5.41, 5.74) is 2.03. The predicted molar refractivity (Wildman–Crippen MR) is 92.9 cm³/mol. The molecule has 3 aromatic rings. The van der Waals surface area contributed by atoms with E-state index in [2.05, 4.69) is 23.3 Å². The molecule has 0 heterocycles. The Labute approximate surface area is 130 Å². The molecule has 0 radical (unpaired) electrons. The largest absolute Gasteiger partial charge is 0.496 e. The van der Waals surface area contributed by atoms with Gasteiger partial charge in [-0.05, 0) is 29.0 Å². The quantitative estimate of drug-likeness (QED) is 0.528. The van der Waals surface area contributed by atoms with Gasteiger partial charge in [0, 0.05) is 12.6 Å². The molecule has 3 heteroatoms. The number of anilines is 1. The highest BCUT2D eigenvalue weighted by molar-refractivity contribution is 6.02. The number of nitrogens with zero attached hydrogens (tertiary/aromatic N) is 2. The van der Waals surface area contributed by atoms with Crippen LogP contribution in [0.2, 0.25) is 0 Å². The van der Waals surface area contributed by atoms with Crippen molar-refractivity contribution in [3.05, 3.63) is 72.3 Å². The minimum atomic E-state index is 0.823. The Hall–Kier alpha value is -2.81. The normalized spacial score (nSPS) is 11.0. The Morgan fingerprint density at radius 3 is 2.41 bits per heavy atom. The lowest BCUT2D eigenvalue weighted by Crippen LogP contribution is -2.08. The maximum atomic E-state index is 5.48. The van der Waals surface area contributed by atoms with Crippen LogP contribution >= 0.6 is 0 Å². The van der Waals surface area contributed by atoms with E-state index in [1.165, 1.54) is 5.39 Å². The van der Waals surface area contributed by atoms with E-state index in [0.717, 1.165) is 22.4 Å². The zero-order chi connectivity index (χ0) is 15.4. The smallest absolute Gasteiger partial charge is 0.128 e. The first-order chi connectivity index (χ1) is 10.8. The molecule has 0 atom stereocenters.